The van der Waals surface area contributed by atoms with Crippen molar-refractivity contribution < 1.29 is 9.53 Å². The number of hydrogen-bond acceptors (Lipinski definition) is 4. The van der Waals surface area contributed by atoms with Gasteiger partial charge in [0.2, 0.25) is 0 Å². The summed E-state index contributed by atoms with van der Waals surface area (Å²) in [6.45, 7) is 5.38. The topological polar surface area (TPSA) is 62.6 Å². The van der Waals surface area contributed by atoms with Crippen LogP contribution >= 0.6 is 0 Å². The van der Waals surface area contributed by atoms with Gasteiger partial charge in [-0.15, -0.1) is 0 Å². The zero-order valence-corrected chi connectivity index (χ0v) is 22.6. The average Bonchev–Trinajstić information content (AvgIpc) is 3.36. The molecule has 2 heterocycles. The molecule has 1 N–H and O–H groups in total. The molecular formula is C32H37N5O2. The van der Waals surface area contributed by atoms with Crippen LogP contribution < -0.4 is 5.32 Å². The fourth-order valence-electron chi connectivity index (χ4n) is 5.11. The molecule has 5 rings (SSSR count). The molecule has 1 saturated heterocycles. The molecule has 0 spiro atoms. The van der Waals surface area contributed by atoms with Crippen molar-refractivity contribution in [2.45, 2.75) is 12.3 Å². The van der Waals surface area contributed by atoms with Gasteiger partial charge >= 0.3 is 6.03 Å². The summed E-state index contributed by atoms with van der Waals surface area (Å²) in [6, 6.07) is 33.0. The number of benzene rings is 3. The number of nitrogens with one attached hydrogen (secondary N) is 1. The van der Waals surface area contributed by atoms with Gasteiger partial charge in [0, 0.05) is 57.3 Å². The van der Waals surface area contributed by atoms with Gasteiger partial charge in [0.15, 0.2) is 0 Å². The third-order valence-corrected chi connectivity index (χ3v) is 7.35. The van der Waals surface area contributed by atoms with Gasteiger partial charge in [-0.25, -0.2) is 4.79 Å². The van der Waals surface area contributed by atoms with Gasteiger partial charge in [-0.3, -0.25) is 14.9 Å². The van der Waals surface area contributed by atoms with E-state index in [0.29, 0.717) is 18.9 Å². The van der Waals surface area contributed by atoms with Gasteiger partial charge in [-0.2, -0.15) is 5.10 Å². The number of aryl methyl sites for hydroxylation is 1. The van der Waals surface area contributed by atoms with Crippen LogP contribution in [0.2, 0.25) is 0 Å². The second-order valence-electron chi connectivity index (χ2n) is 9.94. The number of hydrogen-bond donors (Lipinski definition) is 1. The van der Waals surface area contributed by atoms with Crippen LogP contribution in [0.5, 0.6) is 0 Å². The maximum Gasteiger partial charge on any atom is 0.323 e. The highest BCUT2D eigenvalue weighted by Gasteiger charge is 2.22. The Labute approximate surface area is 231 Å². The van der Waals surface area contributed by atoms with Gasteiger partial charge in [0.05, 0.1) is 18.9 Å². The van der Waals surface area contributed by atoms with E-state index in [1.54, 1.807) is 4.68 Å². The highest BCUT2D eigenvalue weighted by molar-refractivity contribution is 5.89. The number of ether oxygens (including phenoxy) is 1. The summed E-state index contributed by atoms with van der Waals surface area (Å²) in [7, 11) is 1.86. The van der Waals surface area contributed by atoms with Gasteiger partial charge in [-0.05, 0) is 17.5 Å². The van der Waals surface area contributed by atoms with Crippen LogP contribution in [-0.2, 0) is 11.8 Å². The van der Waals surface area contributed by atoms with Gasteiger partial charge in [0.1, 0.15) is 5.82 Å². The molecule has 3 aromatic carbocycles. The SMILES string of the molecule is Cn1nc(-c2ccccc2)cc1NC(=O)N(CCC(c1ccccc1)c1ccccc1)CCN1CCOCC1. The van der Waals surface area contributed by atoms with E-state index in [0.717, 1.165) is 50.5 Å². The Kier molecular flexibility index (Phi) is 9.04. The lowest BCUT2D eigenvalue weighted by molar-refractivity contribution is 0.0351. The van der Waals surface area contributed by atoms with Crippen LogP contribution in [0.15, 0.2) is 97.1 Å². The molecule has 4 aromatic rings. The number of amides is 2. The first-order valence-corrected chi connectivity index (χ1v) is 13.7. The van der Waals surface area contributed by atoms with Crippen molar-refractivity contribution in [3.05, 3.63) is 108 Å². The van der Waals surface area contributed by atoms with E-state index in [1.807, 2.05) is 60.5 Å². The first kappa shape index (κ1) is 26.7. The Morgan fingerprint density at radius 3 is 2.10 bits per heavy atom. The second kappa shape index (κ2) is 13.2. The summed E-state index contributed by atoms with van der Waals surface area (Å²) in [5.41, 5.74) is 4.38. The third kappa shape index (κ3) is 7.13. The quantitative estimate of drug-likeness (QED) is 0.299. The maximum absolute atomic E-state index is 13.7. The highest BCUT2D eigenvalue weighted by atomic mass is 16.5. The van der Waals surface area contributed by atoms with Crippen LogP contribution in [-0.4, -0.2) is 71.5 Å². The minimum Gasteiger partial charge on any atom is -0.379 e. The molecular weight excluding hydrogens is 486 g/mol. The van der Waals surface area contributed by atoms with E-state index in [2.05, 4.69) is 63.8 Å². The normalized spacial score (nSPS) is 13.9. The smallest absolute Gasteiger partial charge is 0.323 e. The highest BCUT2D eigenvalue weighted by Crippen LogP contribution is 2.28. The molecule has 1 aliphatic rings. The molecule has 0 radical (unpaired) electrons. The zero-order valence-electron chi connectivity index (χ0n) is 22.6. The predicted molar refractivity (Wildman–Crippen MR) is 156 cm³/mol. The predicted octanol–water partition coefficient (Wildman–Crippen LogP) is 5.48. The number of carbonyl (C=O) groups is 1. The Morgan fingerprint density at radius 2 is 1.49 bits per heavy atom. The van der Waals surface area contributed by atoms with E-state index in [4.69, 9.17) is 4.74 Å². The van der Waals surface area contributed by atoms with E-state index < -0.39 is 0 Å². The molecule has 0 saturated carbocycles. The van der Waals surface area contributed by atoms with Crippen LogP contribution in [0, 0.1) is 0 Å². The monoisotopic (exact) mass is 523 g/mol. The van der Waals surface area contributed by atoms with Crippen LogP contribution in [0.3, 0.4) is 0 Å². The Balaban J connectivity index is 1.33. The Morgan fingerprint density at radius 1 is 0.897 bits per heavy atom. The second-order valence-corrected chi connectivity index (χ2v) is 9.94. The van der Waals surface area contributed by atoms with E-state index in [-0.39, 0.29) is 11.9 Å². The number of aromatic nitrogens is 2. The van der Waals surface area contributed by atoms with E-state index in [1.165, 1.54) is 11.1 Å². The zero-order chi connectivity index (χ0) is 26.9. The van der Waals surface area contributed by atoms with Crippen molar-refractivity contribution in [1.82, 2.24) is 19.6 Å². The van der Waals surface area contributed by atoms with Crippen molar-refractivity contribution in [3.8, 4) is 11.3 Å². The van der Waals surface area contributed by atoms with Gasteiger partial charge < -0.3 is 9.64 Å². The number of urea groups is 1. The molecule has 0 unspecified atom stereocenters. The molecule has 202 valence electrons. The van der Waals surface area contributed by atoms with Gasteiger partial charge in [-0.1, -0.05) is 91.0 Å². The molecule has 7 nitrogen and oxygen atoms in total. The van der Waals surface area contributed by atoms with Crippen LogP contribution in [0.25, 0.3) is 11.3 Å². The molecule has 2 amide bonds. The molecule has 0 atom stereocenters. The summed E-state index contributed by atoms with van der Waals surface area (Å²) < 4.78 is 7.25. The number of carbonyl (C=O) groups excluding carboxylic acids is 1. The summed E-state index contributed by atoms with van der Waals surface area (Å²) in [4.78, 5) is 18.0. The van der Waals surface area contributed by atoms with Crippen LogP contribution in [0.1, 0.15) is 23.5 Å². The maximum atomic E-state index is 13.7. The fraction of sp³-hybridized carbons (Fsp3) is 0.312. The van der Waals surface area contributed by atoms with Gasteiger partial charge in [0.25, 0.3) is 0 Å². The minimum atomic E-state index is -0.106. The molecule has 1 aliphatic heterocycles. The summed E-state index contributed by atoms with van der Waals surface area (Å²) in [5.74, 6) is 0.880. The van der Waals surface area contributed by atoms with Crippen LogP contribution in [0.4, 0.5) is 10.6 Å². The molecule has 0 bridgehead atoms. The summed E-state index contributed by atoms with van der Waals surface area (Å²) in [5, 5.41) is 7.76. The fourth-order valence-corrected chi connectivity index (χ4v) is 5.11. The number of nitrogens with zero attached hydrogens (tertiary/aromatic N) is 4. The first-order valence-electron chi connectivity index (χ1n) is 13.7. The lowest BCUT2D eigenvalue weighted by Gasteiger charge is -2.31. The largest absolute Gasteiger partial charge is 0.379 e. The number of morpholine rings is 1. The summed E-state index contributed by atoms with van der Waals surface area (Å²) >= 11 is 0. The minimum absolute atomic E-state index is 0.106. The lowest BCUT2D eigenvalue weighted by Crippen LogP contribution is -2.45. The van der Waals surface area contributed by atoms with Crippen molar-refractivity contribution in [2.75, 3.05) is 51.3 Å². The van der Waals surface area contributed by atoms with Crippen molar-refractivity contribution >= 4 is 11.8 Å². The van der Waals surface area contributed by atoms with Crippen molar-refractivity contribution in [3.63, 3.8) is 0 Å². The third-order valence-electron chi connectivity index (χ3n) is 7.35. The van der Waals surface area contributed by atoms with Crippen molar-refractivity contribution in [1.29, 1.82) is 0 Å². The average molecular weight is 524 g/mol. The standard InChI is InChI=1S/C32H37N5O2/c1-35-31(25-30(34-35)28-15-9-4-10-16-28)33-32(38)37(20-19-36-21-23-39-24-22-36)18-17-29(26-11-5-2-6-12-26)27-13-7-3-8-14-27/h2-16,25,29H,17-24H2,1H3,(H,33,38). The Bertz CT molecular complexity index is 1260. The molecule has 7 heteroatoms. The molecule has 1 fully saturated rings. The number of rotatable bonds is 10. The summed E-state index contributed by atoms with van der Waals surface area (Å²) in [6.07, 6.45) is 0.825. The Hall–Kier alpha value is -3.94. The molecule has 0 aliphatic carbocycles. The van der Waals surface area contributed by atoms with Crippen molar-refractivity contribution in [2.24, 2.45) is 7.05 Å². The van der Waals surface area contributed by atoms with E-state index >= 15 is 0 Å². The first-order chi connectivity index (χ1) is 19.2. The lowest BCUT2D eigenvalue weighted by atomic mass is 9.88. The molecule has 1 aromatic heterocycles. The van der Waals surface area contributed by atoms with E-state index in [9.17, 15) is 4.79 Å². The molecule has 39 heavy (non-hydrogen) atoms. The number of anilines is 1.